The quantitative estimate of drug-likeness (QED) is 0.883. The van der Waals surface area contributed by atoms with Crippen LogP contribution in [0.3, 0.4) is 0 Å². The second-order valence-corrected chi connectivity index (χ2v) is 4.42. The summed E-state index contributed by atoms with van der Waals surface area (Å²) >= 11 is 0. The number of carbonyl (C=O) groups excluding carboxylic acids is 1. The SMILES string of the molecule is CNCc1ncc(C(=O)Nc2cc(C)ccc2C)o1. The lowest BCUT2D eigenvalue weighted by molar-refractivity contribution is 0.0994. The summed E-state index contributed by atoms with van der Waals surface area (Å²) in [5, 5.41) is 5.74. The number of rotatable bonds is 4. The van der Waals surface area contributed by atoms with Crippen molar-refractivity contribution in [1.82, 2.24) is 10.3 Å². The third kappa shape index (κ3) is 3.20. The Morgan fingerprint density at radius 2 is 2.16 bits per heavy atom. The number of anilines is 1. The topological polar surface area (TPSA) is 67.2 Å². The molecule has 0 aliphatic heterocycles. The average molecular weight is 259 g/mol. The molecule has 0 atom stereocenters. The summed E-state index contributed by atoms with van der Waals surface area (Å²) in [6, 6.07) is 5.90. The molecule has 2 rings (SSSR count). The van der Waals surface area contributed by atoms with Crippen molar-refractivity contribution in [2.45, 2.75) is 20.4 Å². The van der Waals surface area contributed by atoms with Gasteiger partial charge in [-0.25, -0.2) is 4.98 Å². The van der Waals surface area contributed by atoms with Crippen LogP contribution in [-0.2, 0) is 6.54 Å². The third-order valence-corrected chi connectivity index (χ3v) is 2.75. The van der Waals surface area contributed by atoms with Crippen LogP contribution in [0, 0.1) is 13.8 Å². The fourth-order valence-corrected chi connectivity index (χ4v) is 1.70. The zero-order chi connectivity index (χ0) is 13.8. The molecule has 0 fully saturated rings. The highest BCUT2D eigenvalue weighted by molar-refractivity contribution is 6.02. The number of nitrogens with zero attached hydrogens (tertiary/aromatic N) is 1. The highest BCUT2D eigenvalue weighted by atomic mass is 16.4. The Morgan fingerprint density at radius 3 is 2.89 bits per heavy atom. The highest BCUT2D eigenvalue weighted by Gasteiger charge is 2.13. The van der Waals surface area contributed by atoms with Gasteiger partial charge in [0.15, 0.2) is 0 Å². The van der Waals surface area contributed by atoms with Crippen molar-refractivity contribution in [3.63, 3.8) is 0 Å². The van der Waals surface area contributed by atoms with Gasteiger partial charge in [0, 0.05) is 5.69 Å². The average Bonchev–Trinajstić information content (AvgIpc) is 2.83. The van der Waals surface area contributed by atoms with Gasteiger partial charge in [0.05, 0.1) is 12.7 Å². The monoisotopic (exact) mass is 259 g/mol. The summed E-state index contributed by atoms with van der Waals surface area (Å²) in [6.07, 6.45) is 1.44. The molecule has 0 unspecified atom stereocenters. The van der Waals surface area contributed by atoms with E-state index in [1.165, 1.54) is 6.20 Å². The van der Waals surface area contributed by atoms with Crippen molar-refractivity contribution < 1.29 is 9.21 Å². The number of hydrogen-bond donors (Lipinski definition) is 2. The van der Waals surface area contributed by atoms with E-state index < -0.39 is 0 Å². The van der Waals surface area contributed by atoms with Crippen molar-refractivity contribution in [3.8, 4) is 0 Å². The molecule has 2 N–H and O–H groups in total. The Labute approximate surface area is 112 Å². The summed E-state index contributed by atoms with van der Waals surface area (Å²) in [6.45, 7) is 4.42. The Balaban J connectivity index is 2.13. The Hall–Kier alpha value is -2.14. The molecular formula is C14H17N3O2. The molecular weight excluding hydrogens is 242 g/mol. The molecule has 1 aromatic carbocycles. The normalized spacial score (nSPS) is 10.5. The smallest absolute Gasteiger partial charge is 0.293 e. The van der Waals surface area contributed by atoms with Crippen molar-refractivity contribution in [2.75, 3.05) is 12.4 Å². The number of benzene rings is 1. The molecule has 1 heterocycles. The van der Waals surface area contributed by atoms with Gasteiger partial charge in [-0.3, -0.25) is 4.79 Å². The summed E-state index contributed by atoms with van der Waals surface area (Å²) in [4.78, 5) is 16.0. The summed E-state index contributed by atoms with van der Waals surface area (Å²) in [5.74, 6) is 0.420. The Morgan fingerprint density at radius 1 is 1.37 bits per heavy atom. The lowest BCUT2D eigenvalue weighted by Gasteiger charge is -2.07. The van der Waals surface area contributed by atoms with Gasteiger partial charge in [-0.1, -0.05) is 12.1 Å². The van der Waals surface area contributed by atoms with Crippen molar-refractivity contribution in [1.29, 1.82) is 0 Å². The summed E-state index contributed by atoms with van der Waals surface area (Å²) in [7, 11) is 1.79. The zero-order valence-electron chi connectivity index (χ0n) is 11.3. The van der Waals surface area contributed by atoms with E-state index in [2.05, 4.69) is 15.6 Å². The van der Waals surface area contributed by atoms with E-state index in [4.69, 9.17) is 4.42 Å². The first-order chi connectivity index (χ1) is 9.10. The first-order valence-electron chi connectivity index (χ1n) is 6.08. The fourth-order valence-electron chi connectivity index (χ4n) is 1.70. The standard InChI is InChI=1S/C14H17N3O2/c1-9-4-5-10(2)11(6-9)17-14(18)12-7-16-13(19-12)8-15-3/h4-7,15H,8H2,1-3H3,(H,17,18). The minimum absolute atomic E-state index is 0.214. The maximum atomic E-state index is 12.0. The van der Waals surface area contributed by atoms with Crippen LogP contribution >= 0.6 is 0 Å². The molecule has 100 valence electrons. The number of amides is 1. The maximum absolute atomic E-state index is 12.0. The molecule has 0 aliphatic rings. The second-order valence-electron chi connectivity index (χ2n) is 4.42. The molecule has 0 saturated carbocycles. The van der Waals surface area contributed by atoms with Gasteiger partial charge in [-0.2, -0.15) is 0 Å². The molecule has 1 amide bonds. The first kappa shape index (κ1) is 13.3. The van der Waals surface area contributed by atoms with Crippen LogP contribution in [-0.4, -0.2) is 17.9 Å². The number of oxazole rings is 1. The van der Waals surface area contributed by atoms with Gasteiger partial charge in [-0.15, -0.1) is 0 Å². The summed E-state index contributed by atoms with van der Waals surface area (Å²) in [5.41, 5.74) is 2.89. The number of hydrogen-bond acceptors (Lipinski definition) is 4. The lowest BCUT2D eigenvalue weighted by atomic mass is 10.1. The predicted molar refractivity (Wildman–Crippen MR) is 73.1 cm³/mol. The molecule has 2 aromatic rings. The number of aryl methyl sites for hydroxylation is 2. The third-order valence-electron chi connectivity index (χ3n) is 2.75. The molecule has 5 nitrogen and oxygen atoms in total. The molecule has 0 spiro atoms. The van der Waals surface area contributed by atoms with Crippen molar-refractivity contribution in [2.24, 2.45) is 0 Å². The van der Waals surface area contributed by atoms with E-state index in [1.54, 1.807) is 7.05 Å². The number of nitrogens with one attached hydrogen (secondary N) is 2. The number of carbonyl (C=O) groups is 1. The van der Waals surface area contributed by atoms with Crippen LogP contribution in [0.25, 0.3) is 0 Å². The first-order valence-corrected chi connectivity index (χ1v) is 6.08. The Bertz CT molecular complexity index is 590. The zero-order valence-corrected chi connectivity index (χ0v) is 11.3. The largest absolute Gasteiger partial charge is 0.434 e. The lowest BCUT2D eigenvalue weighted by Crippen LogP contribution is -2.12. The minimum atomic E-state index is -0.288. The molecule has 0 aliphatic carbocycles. The van der Waals surface area contributed by atoms with Crippen LogP contribution in [0.15, 0.2) is 28.8 Å². The summed E-state index contributed by atoms with van der Waals surface area (Å²) < 4.78 is 5.34. The highest BCUT2D eigenvalue weighted by Crippen LogP contribution is 2.17. The van der Waals surface area contributed by atoms with Gasteiger partial charge in [0.25, 0.3) is 5.91 Å². The molecule has 0 radical (unpaired) electrons. The van der Waals surface area contributed by atoms with Crippen LogP contribution in [0.1, 0.15) is 27.6 Å². The van der Waals surface area contributed by atoms with E-state index in [-0.39, 0.29) is 11.7 Å². The molecule has 5 heteroatoms. The van der Waals surface area contributed by atoms with Crippen LogP contribution in [0.4, 0.5) is 5.69 Å². The minimum Gasteiger partial charge on any atom is -0.434 e. The van der Waals surface area contributed by atoms with Gasteiger partial charge in [-0.05, 0) is 38.1 Å². The van der Waals surface area contributed by atoms with Gasteiger partial charge < -0.3 is 15.1 Å². The van der Waals surface area contributed by atoms with Gasteiger partial charge in [0.1, 0.15) is 0 Å². The Kier molecular flexibility index (Phi) is 3.97. The molecule has 19 heavy (non-hydrogen) atoms. The fraction of sp³-hybridized carbons (Fsp3) is 0.286. The molecule has 0 bridgehead atoms. The van der Waals surface area contributed by atoms with E-state index >= 15 is 0 Å². The molecule has 0 saturated heterocycles. The van der Waals surface area contributed by atoms with Crippen LogP contribution < -0.4 is 10.6 Å². The predicted octanol–water partition coefficient (Wildman–Crippen LogP) is 2.26. The van der Waals surface area contributed by atoms with E-state index in [9.17, 15) is 4.79 Å². The van der Waals surface area contributed by atoms with E-state index in [1.807, 2.05) is 32.0 Å². The van der Waals surface area contributed by atoms with Crippen LogP contribution in [0.5, 0.6) is 0 Å². The maximum Gasteiger partial charge on any atom is 0.293 e. The van der Waals surface area contributed by atoms with E-state index in [0.717, 1.165) is 16.8 Å². The number of aromatic nitrogens is 1. The van der Waals surface area contributed by atoms with Crippen LogP contribution in [0.2, 0.25) is 0 Å². The van der Waals surface area contributed by atoms with Crippen molar-refractivity contribution in [3.05, 3.63) is 47.2 Å². The van der Waals surface area contributed by atoms with E-state index in [0.29, 0.717) is 12.4 Å². The van der Waals surface area contributed by atoms with Gasteiger partial charge >= 0.3 is 0 Å². The molecule has 1 aromatic heterocycles. The van der Waals surface area contributed by atoms with Crippen molar-refractivity contribution >= 4 is 11.6 Å². The second kappa shape index (κ2) is 5.67. The van der Waals surface area contributed by atoms with Gasteiger partial charge in [0.2, 0.25) is 11.7 Å².